The van der Waals surface area contributed by atoms with Crippen molar-refractivity contribution in [3.63, 3.8) is 0 Å². The number of rotatable bonds is 7. The number of carbonyl (C=O) groups is 1. The van der Waals surface area contributed by atoms with Crippen molar-refractivity contribution in [1.82, 2.24) is 0 Å². The molecule has 0 aliphatic heterocycles. The molecule has 9 nitrogen and oxygen atoms in total. The Morgan fingerprint density at radius 3 is 2.38 bits per heavy atom. The Kier molecular flexibility index (Phi) is 12.7. The summed E-state index contributed by atoms with van der Waals surface area (Å²) in [5, 5.41) is 28.0. The van der Waals surface area contributed by atoms with Gasteiger partial charge in [0.1, 0.15) is 17.2 Å². The van der Waals surface area contributed by atoms with Crippen molar-refractivity contribution >= 4 is 28.9 Å². The number of carboxylic acid groups (broad SMARTS) is 1. The van der Waals surface area contributed by atoms with Crippen LogP contribution in [0.5, 0.6) is 11.5 Å². The summed E-state index contributed by atoms with van der Waals surface area (Å²) in [5.74, 6) is -1.17. The van der Waals surface area contributed by atoms with Crippen LogP contribution in [0.4, 0.5) is 24.5 Å². The number of hydrogen-bond acceptors (Lipinski definition) is 8. The van der Waals surface area contributed by atoms with Gasteiger partial charge in [0, 0.05) is 12.1 Å². The maximum absolute atomic E-state index is 12.5. The van der Waals surface area contributed by atoms with Crippen molar-refractivity contribution in [3.8, 4) is 17.6 Å². The number of ether oxygens (including phenoxy) is 2. The average Bonchev–Trinajstić information content (AvgIpc) is 2.66. The number of carbonyl (C=O) groups excluding carboxylic acids is 1. The second kappa shape index (κ2) is 13.8. The van der Waals surface area contributed by atoms with Gasteiger partial charge in [-0.1, -0.05) is 11.6 Å². The zero-order valence-corrected chi connectivity index (χ0v) is 19.3. The summed E-state index contributed by atoms with van der Waals surface area (Å²) in [6, 6.07) is 7.99. The number of halogens is 4. The Labute approximate surface area is 206 Å². The predicted molar refractivity (Wildman–Crippen MR) is 100 cm³/mol. The molecule has 0 saturated heterocycles. The van der Waals surface area contributed by atoms with E-state index >= 15 is 0 Å². The van der Waals surface area contributed by atoms with Crippen molar-refractivity contribution in [2.24, 2.45) is 0 Å². The van der Waals surface area contributed by atoms with E-state index in [-0.39, 0.29) is 70.5 Å². The third-order valence-electron chi connectivity index (χ3n) is 3.26. The predicted octanol–water partition coefficient (Wildman–Crippen LogP) is 0.312. The first-order valence-corrected chi connectivity index (χ1v) is 8.56. The SMILES string of the molecule is N#CCCOCC(=O)[O-].Nc1cc(Oc2ccc(C(F)(F)F)cc2Cl)ccc1[N+](=O)[O-].[Na+]. The van der Waals surface area contributed by atoms with Crippen molar-refractivity contribution in [2.75, 3.05) is 18.9 Å². The quantitative estimate of drug-likeness (QED) is 0.194. The second-order valence-corrected chi connectivity index (χ2v) is 5.96. The molecule has 0 heterocycles. The number of nitriles is 1. The number of nitrogens with zero attached hydrogens (tertiary/aromatic N) is 2. The minimum Gasteiger partial charge on any atom is -0.548 e. The molecular formula is C18H14ClF3N3NaO6. The van der Waals surface area contributed by atoms with Crippen LogP contribution < -0.4 is 45.1 Å². The molecule has 0 atom stereocenters. The standard InChI is InChI=1S/C13H8ClF3N2O3.C5H7NO3.Na/c14-9-5-7(13(15,16)17)1-4-12(9)22-8-2-3-11(19(20)21)10(18)6-8;6-2-1-3-9-4-5(7)8;/h1-6H,18H2;1,3-4H2,(H,7,8);/q;;+1/p-1. The molecule has 2 aromatic rings. The molecule has 0 fully saturated rings. The third kappa shape index (κ3) is 10.2. The van der Waals surface area contributed by atoms with E-state index in [0.717, 1.165) is 24.3 Å². The van der Waals surface area contributed by atoms with E-state index in [1.54, 1.807) is 6.07 Å². The van der Waals surface area contributed by atoms with E-state index in [9.17, 15) is 33.2 Å². The zero-order valence-electron chi connectivity index (χ0n) is 16.5. The topological polar surface area (TPSA) is 152 Å². The van der Waals surface area contributed by atoms with Crippen LogP contribution in [0.3, 0.4) is 0 Å². The van der Waals surface area contributed by atoms with Gasteiger partial charge < -0.3 is 25.1 Å². The number of nitrogens with two attached hydrogens (primary N) is 1. The molecule has 0 unspecified atom stereocenters. The average molecular weight is 484 g/mol. The number of nitro benzene ring substituents is 1. The van der Waals surface area contributed by atoms with E-state index < -0.39 is 29.2 Å². The second-order valence-electron chi connectivity index (χ2n) is 5.56. The number of alkyl halides is 3. The number of nitro groups is 1. The van der Waals surface area contributed by atoms with Crippen LogP contribution in [0.15, 0.2) is 36.4 Å². The molecular weight excluding hydrogens is 470 g/mol. The molecule has 0 saturated carbocycles. The van der Waals surface area contributed by atoms with Crippen LogP contribution in [-0.2, 0) is 15.7 Å². The first-order chi connectivity index (χ1) is 14.5. The van der Waals surface area contributed by atoms with Crippen molar-refractivity contribution in [1.29, 1.82) is 5.26 Å². The van der Waals surface area contributed by atoms with Gasteiger partial charge in [-0.05, 0) is 24.3 Å². The molecule has 0 bridgehead atoms. The molecule has 0 radical (unpaired) electrons. The zero-order chi connectivity index (χ0) is 23.6. The molecule has 2 N–H and O–H groups in total. The fourth-order valence-electron chi connectivity index (χ4n) is 1.92. The fourth-order valence-corrected chi connectivity index (χ4v) is 2.14. The Hall–Kier alpha value is -2.56. The van der Waals surface area contributed by atoms with Crippen molar-refractivity contribution in [3.05, 3.63) is 57.1 Å². The van der Waals surface area contributed by atoms with Crippen LogP contribution in [0.2, 0.25) is 5.02 Å². The van der Waals surface area contributed by atoms with Crippen LogP contribution in [0.25, 0.3) is 0 Å². The van der Waals surface area contributed by atoms with E-state index in [1.807, 2.05) is 0 Å². The van der Waals surface area contributed by atoms with Crippen LogP contribution in [0.1, 0.15) is 12.0 Å². The molecule has 0 aliphatic rings. The van der Waals surface area contributed by atoms with Gasteiger partial charge in [-0.15, -0.1) is 0 Å². The molecule has 2 rings (SSSR count). The van der Waals surface area contributed by atoms with Gasteiger partial charge in [0.05, 0.1) is 47.2 Å². The number of nitrogen functional groups attached to an aromatic ring is 1. The maximum atomic E-state index is 12.5. The van der Waals surface area contributed by atoms with Crippen LogP contribution in [-0.4, -0.2) is 24.1 Å². The first-order valence-electron chi connectivity index (χ1n) is 8.18. The molecule has 14 heteroatoms. The van der Waals surface area contributed by atoms with Gasteiger partial charge >= 0.3 is 35.7 Å². The maximum Gasteiger partial charge on any atom is 1.00 e. The molecule has 0 aliphatic carbocycles. The number of aliphatic carboxylic acids is 1. The summed E-state index contributed by atoms with van der Waals surface area (Å²) in [6.45, 7) is -0.272. The van der Waals surface area contributed by atoms with Gasteiger partial charge in [-0.2, -0.15) is 18.4 Å². The number of anilines is 1. The van der Waals surface area contributed by atoms with Gasteiger partial charge in [-0.3, -0.25) is 10.1 Å². The van der Waals surface area contributed by atoms with E-state index in [1.165, 1.54) is 12.1 Å². The molecule has 2 aromatic carbocycles. The van der Waals surface area contributed by atoms with Gasteiger partial charge in [-0.25, -0.2) is 0 Å². The molecule has 166 valence electrons. The Morgan fingerprint density at radius 1 is 1.25 bits per heavy atom. The largest absolute Gasteiger partial charge is 1.00 e. The summed E-state index contributed by atoms with van der Waals surface area (Å²) < 4.78 is 47.3. The monoisotopic (exact) mass is 483 g/mol. The number of hydrogen-bond donors (Lipinski definition) is 1. The minimum absolute atomic E-state index is 0. The Morgan fingerprint density at radius 2 is 1.91 bits per heavy atom. The number of benzene rings is 2. The summed E-state index contributed by atoms with van der Waals surface area (Å²) in [4.78, 5) is 19.6. The number of carboxylic acids is 1. The summed E-state index contributed by atoms with van der Waals surface area (Å²) in [7, 11) is 0. The van der Waals surface area contributed by atoms with Crippen LogP contribution >= 0.6 is 11.6 Å². The normalized spacial score (nSPS) is 10.1. The first kappa shape index (κ1) is 29.4. The molecule has 0 spiro atoms. The molecule has 0 amide bonds. The summed E-state index contributed by atoms with van der Waals surface area (Å²) in [6.07, 6.45) is -4.30. The summed E-state index contributed by atoms with van der Waals surface area (Å²) in [5.41, 5.74) is 4.15. The Bertz CT molecular complexity index is 985. The summed E-state index contributed by atoms with van der Waals surface area (Å²) >= 11 is 5.74. The Balaban J connectivity index is 0.000000821. The van der Waals surface area contributed by atoms with Gasteiger partial charge in [0.25, 0.3) is 5.69 Å². The van der Waals surface area contributed by atoms with E-state index in [2.05, 4.69) is 4.74 Å². The van der Waals surface area contributed by atoms with Crippen molar-refractivity contribution in [2.45, 2.75) is 12.6 Å². The fraction of sp³-hybridized carbons (Fsp3) is 0.222. The van der Waals surface area contributed by atoms with Gasteiger partial charge in [0.15, 0.2) is 0 Å². The molecule has 0 aromatic heterocycles. The smallest absolute Gasteiger partial charge is 0.548 e. The third-order valence-corrected chi connectivity index (χ3v) is 3.56. The van der Waals surface area contributed by atoms with Crippen molar-refractivity contribution < 1.29 is 67.0 Å². The molecule has 32 heavy (non-hydrogen) atoms. The van der Waals surface area contributed by atoms with Crippen LogP contribution in [0, 0.1) is 21.4 Å². The van der Waals surface area contributed by atoms with Gasteiger partial charge in [0.2, 0.25) is 0 Å². The minimum atomic E-state index is -4.51. The van der Waals surface area contributed by atoms with E-state index in [4.69, 9.17) is 27.3 Å². The van der Waals surface area contributed by atoms with E-state index in [0.29, 0.717) is 0 Å².